The number of carbonyl (C=O) groups is 1. The highest BCUT2D eigenvalue weighted by Crippen LogP contribution is 2.13. The Balaban J connectivity index is 2.06. The molecule has 0 aliphatic heterocycles. The van der Waals surface area contributed by atoms with Crippen molar-refractivity contribution in [1.29, 1.82) is 0 Å². The quantitative estimate of drug-likeness (QED) is 0.771. The summed E-state index contributed by atoms with van der Waals surface area (Å²) in [6.45, 7) is 2.08. The summed E-state index contributed by atoms with van der Waals surface area (Å²) in [7, 11) is 1.61. The van der Waals surface area contributed by atoms with Crippen LogP contribution in [0.15, 0.2) is 42.6 Å². The molecule has 2 rings (SSSR count). The number of pyridine rings is 1. The Bertz CT molecular complexity index is 544. The normalized spacial score (nSPS) is 10.2. The van der Waals surface area contributed by atoms with Gasteiger partial charge in [-0.2, -0.15) is 0 Å². The van der Waals surface area contributed by atoms with Gasteiger partial charge in [-0.3, -0.25) is 9.78 Å². The lowest BCUT2D eigenvalue weighted by Crippen LogP contribution is -2.05. The lowest BCUT2D eigenvalue weighted by molar-refractivity contribution is 0.0992. The number of aromatic nitrogens is 1. The fourth-order valence-corrected chi connectivity index (χ4v) is 1.81. The first-order valence-electron chi connectivity index (χ1n) is 6.34. The van der Waals surface area contributed by atoms with Gasteiger partial charge in [0, 0.05) is 17.5 Å². The van der Waals surface area contributed by atoms with Crippen LogP contribution in [0.25, 0.3) is 0 Å². The van der Waals surface area contributed by atoms with Crippen molar-refractivity contribution in [1.82, 2.24) is 4.98 Å². The van der Waals surface area contributed by atoms with E-state index in [-0.39, 0.29) is 5.78 Å². The van der Waals surface area contributed by atoms with E-state index in [2.05, 4.69) is 11.9 Å². The number of methoxy groups -OCH3 is 1. The molecular formula is C16H17NO2. The largest absolute Gasteiger partial charge is 0.497 e. The highest BCUT2D eigenvalue weighted by atomic mass is 16.5. The molecule has 0 aliphatic rings. The standard InChI is InChI=1S/C16H17NO2/c1-3-12-4-7-14(17-11-12)10-16(18)13-5-8-15(19-2)9-6-13/h4-9,11H,3,10H2,1-2H3. The van der Waals surface area contributed by atoms with Gasteiger partial charge in [0.1, 0.15) is 5.75 Å². The average molecular weight is 255 g/mol. The Morgan fingerprint density at radius 2 is 1.89 bits per heavy atom. The van der Waals surface area contributed by atoms with Crippen LogP contribution in [0.1, 0.15) is 28.5 Å². The van der Waals surface area contributed by atoms with Crippen molar-refractivity contribution >= 4 is 5.78 Å². The van der Waals surface area contributed by atoms with E-state index in [0.717, 1.165) is 17.9 Å². The molecular weight excluding hydrogens is 238 g/mol. The Morgan fingerprint density at radius 3 is 2.42 bits per heavy atom. The van der Waals surface area contributed by atoms with Crippen LogP contribution in [0.3, 0.4) is 0 Å². The maximum Gasteiger partial charge on any atom is 0.168 e. The molecule has 3 heteroatoms. The number of ether oxygens (including phenoxy) is 1. The average Bonchev–Trinajstić information content (AvgIpc) is 2.48. The van der Waals surface area contributed by atoms with Gasteiger partial charge in [-0.25, -0.2) is 0 Å². The van der Waals surface area contributed by atoms with Crippen molar-refractivity contribution in [3.05, 3.63) is 59.4 Å². The Morgan fingerprint density at radius 1 is 1.16 bits per heavy atom. The molecule has 0 fully saturated rings. The molecule has 3 nitrogen and oxygen atoms in total. The maximum absolute atomic E-state index is 12.1. The topological polar surface area (TPSA) is 39.2 Å². The molecule has 19 heavy (non-hydrogen) atoms. The molecule has 0 aliphatic carbocycles. The van der Waals surface area contributed by atoms with Crippen molar-refractivity contribution in [2.75, 3.05) is 7.11 Å². The lowest BCUT2D eigenvalue weighted by atomic mass is 10.1. The van der Waals surface area contributed by atoms with E-state index in [1.165, 1.54) is 5.56 Å². The summed E-state index contributed by atoms with van der Waals surface area (Å²) in [6, 6.07) is 11.1. The maximum atomic E-state index is 12.1. The van der Waals surface area contributed by atoms with Crippen LogP contribution in [-0.2, 0) is 12.8 Å². The minimum atomic E-state index is 0.0689. The van der Waals surface area contributed by atoms with E-state index in [1.54, 1.807) is 31.4 Å². The zero-order chi connectivity index (χ0) is 13.7. The van der Waals surface area contributed by atoms with Crippen LogP contribution in [0, 0.1) is 0 Å². The summed E-state index contributed by atoms with van der Waals surface area (Å²) in [5.41, 5.74) is 2.67. The number of benzene rings is 1. The van der Waals surface area contributed by atoms with E-state index in [0.29, 0.717) is 12.0 Å². The molecule has 0 radical (unpaired) electrons. The monoisotopic (exact) mass is 255 g/mol. The zero-order valence-corrected chi connectivity index (χ0v) is 11.2. The number of nitrogens with zero attached hydrogens (tertiary/aromatic N) is 1. The molecule has 0 atom stereocenters. The van der Waals surface area contributed by atoms with Gasteiger partial charge < -0.3 is 4.74 Å². The summed E-state index contributed by atoms with van der Waals surface area (Å²) < 4.78 is 5.07. The van der Waals surface area contributed by atoms with Crippen molar-refractivity contribution in [2.24, 2.45) is 0 Å². The third kappa shape index (κ3) is 3.41. The van der Waals surface area contributed by atoms with Gasteiger partial charge in [0.25, 0.3) is 0 Å². The van der Waals surface area contributed by atoms with Gasteiger partial charge >= 0.3 is 0 Å². The molecule has 1 aromatic carbocycles. The summed E-state index contributed by atoms with van der Waals surface area (Å²) >= 11 is 0. The summed E-state index contributed by atoms with van der Waals surface area (Å²) in [5, 5.41) is 0. The minimum Gasteiger partial charge on any atom is -0.497 e. The number of hydrogen-bond donors (Lipinski definition) is 0. The second-order valence-electron chi connectivity index (χ2n) is 4.34. The third-order valence-corrected chi connectivity index (χ3v) is 3.05. The number of carbonyl (C=O) groups excluding carboxylic acids is 1. The first-order chi connectivity index (χ1) is 9.22. The highest BCUT2D eigenvalue weighted by molar-refractivity contribution is 5.97. The van der Waals surface area contributed by atoms with E-state index < -0.39 is 0 Å². The number of rotatable bonds is 5. The Kier molecular flexibility index (Phi) is 4.29. The van der Waals surface area contributed by atoms with Crippen molar-refractivity contribution in [3.63, 3.8) is 0 Å². The van der Waals surface area contributed by atoms with E-state index >= 15 is 0 Å². The van der Waals surface area contributed by atoms with Crippen LogP contribution in [0.5, 0.6) is 5.75 Å². The van der Waals surface area contributed by atoms with Gasteiger partial charge in [-0.15, -0.1) is 0 Å². The van der Waals surface area contributed by atoms with Gasteiger partial charge in [0.2, 0.25) is 0 Å². The Labute approximate surface area is 113 Å². The molecule has 1 heterocycles. The first kappa shape index (κ1) is 13.3. The molecule has 0 saturated heterocycles. The SMILES string of the molecule is CCc1ccc(CC(=O)c2ccc(OC)cc2)nc1. The van der Waals surface area contributed by atoms with Crippen LogP contribution in [0.4, 0.5) is 0 Å². The van der Waals surface area contributed by atoms with E-state index in [1.807, 2.05) is 18.3 Å². The number of ketones is 1. The van der Waals surface area contributed by atoms with E-state index in [9.17, 15) is 4.79 Å². The van der Waals surface area contributed by atoms with Crippen LogP contribution >= 0.6 is 0 Å². The van der Waals surface area contributed by atoms with Gasteiger partial charge in [-0.1, -0.05) is 13.0 Å². The van der Waals surface area contributed by atoms with Crippen molar-refractivity contribution in [2.45, 2.75) is 19.8 Å². The highest BCUT2D eigenvalue weighted by Gasteiger charge is 2.08. The van der Waals surface area contributed by atoms with Gasteiger partial charge in [-0.05, 0) is 42.3 Å². The van der Waals surface area contributed by atoms with Crippen molar-refractivity contribution < 1.29 is 9.53 Å². The molecule has 0 saturated carbocycles. The molecule has 2 aromatic rings. The number of aryl methyl sites for hydroxylation is 1. The predicted octanol–water partition coefficient (Wildman–Crippen LogP) is 3.08. The summed E-state index contributed by atoms with van der Waals surface area (Å²) in [4.78, 5) is 16.4. The number of hydrogen-bond acceptors (Lipinski definition) is 3. The summed E-state index contributed by atoms with van der Waals surface area (Å²) in [6.07, 6.45) is 3.12. The fraction of sp³-hybridized carbons (Fsp3) is 0.250. The molecule has 1 aromatic heterocycles. The van der Waals surface area contributed by atoms with Crippen molar-refractivity contribution in [3.8, 4) is 5.75 Å². The van der Waals surface area contributed by atoms with Gasteiger partial charge in [0.15, 0.2) is 5.78 Å². The third-order valence-electron chi connectivity index (χ3n) is 3.05. The van der Waals surface area contributed by atoms with Crippen LogP contribution in [0.2, 0.25) is 0 Å². The van der Waals surface area contributed by atoms with E-state index in [4.69, 9.17) is 4.74 Å². The molecule has 0 unspecified atom stereocenters. The molecule has 0 spiro atoms. The fourth-order valence-electron chi connectivity index (χ4n) is 1.81. The second kappa shape index (κ2) is 6.14. The van der Waals surface area contributed by atoms with Crippen LogP contribution < -0.4 is 4.74 Å². The zero-order valence-electron chi connectivity index (χ0n) is 11.2. The molecule has 0 N–H and O–H groups in total. The smallest absolute Gasteiger partial charge is 0.168 e. The molecule has 98 valence electrons. The Hall–Kier alpha value is -2.16. The predicted molar refractivity (Wildman–Crippen MR) is 74.6 cm³/mol. The van der Waals surface area contributed by atoms with Gasteiger partial charge in [0.05, 0.1) is 13.5 Å². The number of Topliss-reactive ketones (excluding diaryl/α,β-unsaturated/α-hetero) is 1. The first-order valence-corrected chi connectivity index (χ1v) is 6.34. The molecule has 0 bridgehead atoms. The summed E-state index contributed by atoms with van der Waals surface area (Å²) in [5.74, 6) is 0.821. The lowest BCUT2D eigenvalue weighted by Gasteiger charge is -2.03. The molecule has 0 amide bonds. The second-order valence-corrected chi connectivity index (χ2v) is 4.34. The minimum absolute atomic E-state index is 0.0689. The van der Waals surface area contributed by atoms with Crippen LogP contribution in [-0.4, -0.2) is 17.9 Å².